The predicted molar refractivity (Wildman–Crippen MR) is 103 cm³/mol. The van der Waals surface area contributed by atoms with Gasteiger partial charge in [-0.2, -0.15) is 5.10 Å². The zero-order chi connectivity index (χ0) is 20.9. The minimum absolute atomic E-state index is 0.240. The summed E-state index contributed by atoms with van der Waals surface area (Å²) in [5.41, 5.74) is 1.36. The van der Waals surface area contributed by atoms with E-state index in [0.29, 0.717) is 18.8 Å². The van der Waals surface area contributed by atoms with Gasteiger partial charge in [0.2, 0.25) is 5.91 Å². The number of imide groups is 1. The maximum Gasteiger partial charge on any atom is 0.262 e. The average Bonchev–Trinajstić information content (AvgIpc) is 3.30. The number of hydrogen-bond acceptors (Lipinski definition) is 5. The van der Waals surface area contributed by atoms with Crippen LogP contribution in [0.5, 0.6) is 0 Å². The summed E-state index contributed by atoms with van der Waals surface area (Å²) in [6, 6.07) is 6.54. The van der Waals surface area contributed by atoms with Crippen molar-refractivity contribution in [2.45, 2.75) is 32.4 Å². The molecule has 1 aromatic heterocycles. The Bertz CT molecular complexity index is 1010. The van der Waals surface area contributed by atoms with E-state index in [1.54, 1.807) is 40.9 Å². The zero-order valence-corrected chi connectivity index (χ0v) is 16.4. The molecule has 9 heteroatoms. The molecule has 0 radical (unpaired) electrons. The van der Waals surface area contributed by atoms with Gasteiger partial charge in [-0.1, -0.05) is 12.1 Å². The van der Waals surface area contributed by atoms with Gasteiger partial charge in [0.15, 0.2) is 0 Å². The number of amides is 4. The summed E-state index contributed by atoms with van der Waals surface area (Å²) >= 11 is 0. The molecule has 2 aromatic rings. The number of hydrogen-bond donors (Lipinski definition) is 1. The number of fused-ring (bicyclic) bond motifs is 1. The van der Waals surface area contributed by atoms with Gasteiger partial charge in [0, 0.05) is 19.7 Å². The standard InChI is InChI=1S/C20H21N5O4/c1-11-10-16(23(3)22-11)24-9-8-15(20(24)29)21-17(26)12(2)25-18(27)13-6-4-5-7-14(13)19(25)28/h4-7,10,12,15H,8-9H2,1-3H3,(H,21,26)/t12-,15-/m1/s1. The molecule has 4 rings (SSSR count). The van der Waals surface area contributed by atoms with Crippen molar-refractivity contribution in [3.05, 3.63) is 47.2 Å². The van der Waals surface area contributed by atoms with Gasteiger partial charge >= 0.3 is 0 Å². The summed E-state index contributed by atoms with van der Waals surface area (Å²) < 4.78 is 1.62. The Morgan fingerprint density at radius 2 is 1.79 bits per heavy atom. The second-order valence-corrected chi connectivity index (χ2v) is 7.31. The molecule has 0 spiro atoms. The van der Waals surface area contributed by atoms with Crippen molar-refractivity contribution >= 4 is 29.4 Å². The number of aromatic nitrogens is 2. The lowest BCUT2D eigenvalue weighted by Crippen LogP contribution is -2.52. The molecule has 1 saturated heterocycles. The first-order valence-electron chi connectivity index (χ1n) is 9.39. The second kappa shape index (κ2) is 6.84. The number of aryl methyl sites for hydroxylation is 2. The second-order valence-electron chi connectivity index (χ2n) is 7.31. The van der Waals surface area contributed by atoms with Crippen molar-refractivity contribution in [1.29, 1.82) is 0 Å². The topological polar surface area (TPSA) is 105 Å². The first-order chi connectivity index (χ1) is 13.8. The molecular formula is C20H21N5O4. The highest BCUT2D eigenvalue weighted by molar-refractivity contribution is 6.22. The van der Waals surface area contributed by atoms with Gasteiger partial charge in [0.25, 0.3) is 17.7 Å². The monoisotopic (exact) mass is 395 g/mol. The zero-order valence-electron chi connectivity index (χ0n) is 16.4. The minimum Gasteiger partial charge on any atom is -0.342 e. The third-order valence-corrected chi connectivity index (χ3v) is 5.37. The molecular weight excluding hydrogens is 374 g/mol. The van der Waals surface area contributed by atoms with Crippen LogP contribution in [0.25, 0.3) is 0 Å². The molecule has 0 unspecified atom stereocenters. The third-order valence-electron chi connectivity index (χ3n) is 5.37. The lowest BCUT2D eigenvalue weighted by molar-refractivity contribution is -0.128. The Morgan fingerprint density at radius 3 is 2.34 bits per heavy atom. The van der Waals surface area contributed by atoms with Crippen molar-refractivity contribution < 1.29 is 19.2 Å². The largest absolute Gasteiger partial charge is 0.342 e. The highest BCUT2D eigenvalue weighted by atomic mass is 16.2. The summed E-state index contributed by atoms with van der Waals surface area (Å²) in [5, 5.41) is 6.94. The summed E-state index contributed by atoms with van der Waals surface area (Å²) in [7, 11) is 1.76. The number of rotatable bonds is 4. The SMILES string of the molecule is Cc1cc(N2CC[C@@H](NC(=O)[C@@H](C)N3C(=O)c4ccccc4C3=O)C2=O)n(C)n1. The molecule has 1 N–H and O–H groups in total. The Kier molecular flexibility index (Phi) is 4.45. The molecule has 3 heterocycles. The molecule has 4 amide bonds. The summed E-state index contributed by atoms with van der Waals surface area (Å²) in [6.45, 7) is 3.77. The molecule has 2 aliphatic rings. The molecule has 2 aliphatic heterocycles. The van der Waals surface area contributed by atoms with E-state index < -0.39 is 29.8 Å². The van der Waals surface area contributed by atoms with Crippen LogP contribution in [0.4, 0.5) is 5.82 Å². The van der Waals surface area contributed by atoms with Crippen molar-refractivity contribution in [1.82, 2.24) is 20.0 Å². The van der Waals surface area contributed by atoms with E-state index in [1.165, 1.54) is 6.92 Å². The van der Waals surface area contributed by atoms with Crippen molar-refractivity contribution in [3.8, 4) is 0 Å². The molecule has 2 atom stereocenters. The van der Waals surface area contributed by atoms with Crippen LogP contribution in [0.2, 0.25) is 0 Å². The first kappa shape index (κ1) is 18.9. The lowest BCUT2D eigenvalue weighted by atomic mass is 10.1. The van der Waals surface area contributed by atoms with E-state index in [4.69, 9.17) is 0 Å². The molecule has 0 bridgehead atoms. The van der Waals surface area contributed by atoms with Crippen LogP contribution in [0.3, 0.4) is 0 Å². The van der Waals surface area contributed by atoms with Gasteiger partial charge in [0.1, 0.15) is 17.9 Å². The smallest absolute Gasteiger partial charge is 0.262 e. The van der Waals surface area contributed by atoms with E-state index >= 15 is 0 Å². The highest BCUT2D eigenvalue weighted by Gasteiger charge is 2.42. The van der Waals surface area contributed by atoms with E-state index in [0.717, 1.165) is 10.6 Å². The van der Waals surface area contributed by atoms with Crippen LogP contribution in [0.1, 0.15) is 39.8 Å². The lowest BCUT2D eigenvalue weighted by Gasteiger charge is -2.23. The van der Waals surface area contributed by atoms with Gasteiger partial charge in [-0.15, -0.1) is 0 Å². The van der Waals surface area contributed by atoms with Crippen molar-refractivity contribution in [3.63, 3.8) is 0 Å². The first-order valence-corrected chi connectivity index (χ1v) is 9.39. The number of carbonyl (C=O) groups is 4. The number of carbonyl (C=O) groups excluding carboxylic acids is 4. The Labute approximate surface area is 167 Å². The van der Waals surface area contributed by atoms with Crippen LogP contribution in [0, 0.1) is 6.92 Å². The number of benzene rings is 1. The van der Waals surface area contributed by atoms with E-state index in [-0.39, 0.29) is 17.0 Å². The highest BCUT2D eigenvalue weighted by Crippen LogP contribution is 2.25. The average molecular weight is 395 g/mol. The number of nitrogens with zero attached hydrogens (tertiary/aromatic N) is 4. The maximum absolute atomic E-state index is 12.8. The van der Waals surface area contributed by atoms with Gasteiger partial charge in [0.05, 0.1) is 16.8 Å². The molecule has 1 aromatic carbocycles. The Balaban J connectivity index is 1.46. The van der Waals surface area contributed by atoms with Crippen LogP contribution in [0.15, 0.2) is 30.3 Å². The maximum atomic E-state index is 12.8. The molecule has 1 fully saturated rings. The van der Waals surface area contributed by atoms with Crippen LogP contribution in [-0.2, 0) is 16.6 Å². The fourth-order valence-electron chi connectivity index (χ4n) is 3.86. The quantitative estimate of drug-likeness (QED) is 0.765. The Hall–Kier alpha value is -3.49. The normalized spacial score (nSPS) is 19.7. The van der Waals surface area contributed by atoms with E-state index in [2.05, 4.69) is 10.4 Å². The van der Waals surface area contributed by atoms with Crippen molar-refractivity contribution in [2.75, 3.05) is 11.4 Å². The third kappa shape index (κ3) is 2.98. The summed E-state index contributed by atoms with van der Waals surface area (Å²) in [4.78, 5) is 53.2. The van der Waals surface area contributed by atoms with Crippen molar-refractivity contribution in [2.24, 2.45) is 7.05 Å². The molecule has 0 saturated carbocycles. The molecule has 29 heavy (non-hydrogen) atoms. The van der Waals surface area contributed by atoms with Gasteiger partial charge < -0.3 is 5.32 Å². The minimum atomic E-state index is -1.02. The van der Waals surface area contributed by atoms with Gasteiger partial charge in [-0.25, -0.2) is 0 Å². The van der Waals surface area contributed by atoms with E-state index in [1.807, 2.05) is 13.0 Å². The fourth-order valence-corrected chi connectivity index (χ4v) is 3.86. The summed E-state index contributed by atoms with van der Waals surface area (Å²) in [6.07, 6.45) is 0.434. The fraction of sp³-hybridized carbons (Fsp3) is 0.350. The van der Waals surface area contributed by atoms with E-state index in [9.17, 15) is 19.2 Å². The summed E-state index contributed by atoms with van der Waals surface area (Å²) in [5.74, 6) is -1.12. The molecule has 9 nitrogen and oxygen atoms in total. The number of nitrogens with one attached hydrogen (secondary N) is 1. The van der Waals surface area contributed by atoms with Crippen LogP contribution in [-0.4, -0.2) is 56.9 Å². The predicted octanol–water partition coefficient (Wildman–Crippen LogP) is 0.635. The molecule has 150 valence electrons. The Morgan fingerprint density at radius 1 is 1.17 bits per heavy atom. The van der Waals surface area contributed by atoms with Crippen LogP contribution >= 0.6 is 0 Å². The molecule has 0 aliphatic carbocycles. The van der Waals surface area contributed by atoms with Gasteiger partial charge in [-0.05, 0) is 32.4 Å². The van der Waals surface area contributed by atoms with Crippen LogP contribution < -0.4 is 10.2 Å². The van der Waals surface area contributed by atoms with Gasteiger partial charge in [-0.3, -0.25) is 33.7 Å². The number of anilines is 1.